The Labute approximate surface area is 79.4 Å². The van der Waals surface area contributed by atoms with Gasteiger partial charge >= 0.3 is 0 Å². The zero-order valence-corrected chi connectivity index (χ0v) is 8.54. The number of amides is 1. The van der Waals surface area contributed by atoms with E-state index in [0.29, 0.717) is 18.7 Å². The normalized spacial score (nSPS) is 28.7. The lowest BCUT2D eigenvalue weighted by atomic mass is 10.2. The highest BCUT2D eigenvalue weighted by Gasteiger charge is 2.25. The third kappa shape index (κ3) is 2.56. The molecule has 3 heteroatoms. The van der Waals surface area contributed by atoms with Gasteiger partial charge in [0, 0.05) is 18.7 Å². The first kappa shape index (κ1) is 10.3. The zero-order valence-electron chi connectivity index (χ0n) is 8.54. The first-order valence-electron chi connectivity index (χ1n) is 4.61. The largest absolute Gasteiger partial charge is 0.372 e. The first-order chi connectivity index (χ1) is 6.00. The smallest absolute Gasteiger partial charge is 0.249 e. The number of hydrogen-bond acceptors (Lipinski definition) is 2. The summed E-state index contributed by atoms with van der Waals surface area (Å²) in [5, 5.41) is 0. The predicted molar refractivity (Wildman–Crippen MR) is 51.4 cm³/mol. The van der Waals surface area contributed by atoms with Crippen LogP contribution in [0, 0.1) is 0 Å². The number of hydrogen-bond donors (Lipinski definition) is 0. The van der Waals surface area contributed by atoms with Crippen LogP contribution in [-0.2, 0) is 9.53 Å². The summed E-state index contributed by atoms with van der Waals surface area (Å²) in [7, 11) is 0. The topological polar surface area (TPSA) is 29.5 Å². The molecule has 0 N–H and O–H groups in total. The Balaban J connectivity index is 2.60. The molecule has 1 heterocycles. The molecule has 0 bridgehead atoms. The number of morpholine rings is 1. The summed E-state index contributed by atoms with van der Waals surface area (Å²) in [6.07, 6.45) is 0.263. The van der Waals surface area contributed by atoms with Gasteiger partial charge in [0.25, 0.3) is 0 Å². The van der Waals surface area contributed by atoms with Gasteiger partial charge in [-0.15, -0.1) is 0 Å². The van der Waals surface area contributed by atoms with Crippen LogP contribution in [0.1, 0.15) is 20.8 Å². The minimum Gasteiger partial charge on any atom is -0.372 e. The van der Waals surface area contributed by atoms with Crippen molar-refractivity contribution < 1.29 is 9.53 Å². The van der Waals surface area contributed by atoms with Crippen molar-refractivity contribution in [2.24, 2.45) is 0 Å². The first-order valence-corrected chi connectivity index (χ1v) is 4.61. The van der Waals surface area contributed by atoms with Gasteiger partial charge in [0.05, 0.1) is 12.2 Å². The fourth-order valence-electron chi connectivity index (χ4n) is 1.61. The van der Waals surface area contributed by atoms with E-state index in [2.05, 4.69) is 6.58 Å². The van der Waals surface area contributed by atoms with Crippen LogP contribution in [0.25, 0.3) is 0 Å². The lowest BCUT2D eigenvalue weighted by molar-refractivity contribution is -0.139. The Bertz CT molecular complexity index is 215. The summed E-state index contributed by atoms with van der Waals surface area (Å²) < 4.78 is 5.52. The van der Waals surface area contributed by atoms with Crippen LogP contribution in [0.5, 0.6) is 0 Å². The maximum absolute atomic E-state index is 11.6. The van der Waals surface area contributed by atoms with Gasteiger partial charge in [-0.2, -0.15) is 0 Å². The number of carbonyl (C=O) groups excluding carboxylic acids is 1. The van der Waals surface area contributed by atoms with Gasteiger partial charge in [-0.3, -0.25) is 4.79 Å². The maximum atomic E-state index is 11.6. The standard InChI is InChI=1S/C10H17NO2/c1-7(2)10(12)11-5-8(3)13-9(4)6-11/h8-9H,1,5-6H2,2-4H3. The van der Waals surface area contributed by atoms with Gasteiger partial charge in [0.1, 0.15) is 0 Å². The van der Waals surface area contributed by atoms with E-state index in [9.17, 15) is 4.79 Å². The third-order valence-electron chi connectivity index (χ3n) is 2.07. The third-order valence-corrected chi connectivity index (χ3v) is 2.07. The Kier molecular flexibility index (Phi) is 3.09. The molecule has 2 atom stereocenters. The van der Waals surface area contributed by atoms with Crippen molar-refractivity contribution in [2.45, 2.75) is 33.0 Å². The molecule has 0 aliphatic carbocycles. The number of ether oxygens (including phenoxy) is 1. The molecule has 1 amide bonds. The zero-order chi connectivity index (χ0) is 10.0. The summed E-state index contributed by atoms with van der Waals surface area (Å²) in [5.74, 6) is 0.0435. The SMILES string of the molecule is C=C(C)C(=O)N1CC(C)OC(C)C1. The van der Waals surface area contributed by atoms with Crippen molar-refractivity contribution in [3.8, 4) is 0 Å². The van der Waals surface area contributed by atoms with E-state index in [4.69, 9.17) is 4.74 Å². The molecule has 0 saturated carbocycles. The van der Waals surface area contributed by atoms with Crippen molar-refractivity contribution >= 4 is 5.91 Å². The highest BCUT2D eigenvalue weighted by molar-refractivity contribution is 5.92. The second-order valence-corrected chi connectivity index (χ2v) is 3.75. The molecule has 0 spiro atoms. The average Bonchev–Trinajstić information content (AvgIpc) is 2.01. The lowest BCUT2D eigenvalue weighted by Gasteiger charge is -2.35. The van der Waals surface area contributed by atoms with Crippen molar-refractivity contribution in [2.75, 3.05) is 13.1 Å². The monoisotopic (exact) mass is 183 g/mol. The summed E-state index contributed by atoms with van der Waals surface area (Å²) in [6.45, 7) is 10.7. The lowest BCUT2D eigenvalue weighted by Crippen LogP contribution is -2.48. The number of carbonyl (C=O) groups is 1. The fourth-order valence-corrected chi connectivity index (χ4v) is 1.61. The molecular weight excluding hydrogens is 166 g/mol. The van der Waals surface area contributed by atoms with E-state index in [1.807, 2.05) is 13.8 Å². The molecule has 3 nitrogen and oxygen atoms in total. The van der Waals surface area contributed by atoms with Gasteiger partial charge < -0.3 is 9.64 Å². The van der Waals surface area contributed by atoms with Gasteiger partial charge in [-0.25, -0.2) is 0 Å². The van der Waals surface area contributed by atoms with E-state index < -0.39 is 0 Å². The van der Waals surface area contributed by atoms with E-state index in [-0.39, 0.29) is 18.1 Å². The van der Waals surface area contributed by atoms with Crippen LogP contribution in [0.2, 0.25) is 0 Å². The molecule has 0 aromatic carbocycles. The summed E-state index contributed by atoms with van der Waals surface area (Å²) in [5.41, 5.74) is 0.598. The highest BCUT2D eigenvalue weighted by atomic mass is 16.5. The molecule has 1 aliphatic rings. The molecule has 1 rings (SSSR count). The van der Waals surface area contributed by atoms with Crippen molar-refractivity contribution in [3.63, 3.8) is 0 Å². The second-order valence-electron chi connectivity index (χ2n) is 3.75. The van der Waals surface area contributed by atoms with Gasteiger partial charge in [0.15, 0.2) is 0 Å². The predicted octanol–water partition coefficient (Wildman–Crippen LogP) is 1.20. The minimum atomic E-state index is 0.0435. The molecule has 0 aromatic rings. The van der Waals surface area contributed by atoms with Crippen LogP contribution >= 0.6 is 0 Å². The van der Waals surface area contributed by atoms with E-state index in [1.54, 1.807) is 11.8 Å². The van der Waals surface area contributed by atoms with Crippen LogP contribution in [-0.4, -0.2) is 36.1 Å². The Morgan fingerprint density at radius 1 is 1.38 bits per heavy atom. The van der Waals surface area contributed by atoms with Gasteiger partial charge in [-0.1, -0.05) is 6.58 Å². The maximum Gasteiger partial charge on any atom is 0.249 e. The molecule has 2 unspecified atom stereocenters. The molecule has 1 fully saturated rings. The number of nitrogens with zero attached hydrogens (tertiary/aromatic N) is 1. The Morgan fingerprint density at radius 2 is 1.85 bits per heavy atom. The average molecular weight is 183 g/mol. The molecule has 13 heavy (non-hydrogen) atoms. The number of rotatable bonds is 1. The molecule has 0 radical (unpaired) electrons. The molecule has 74 valence electrons. The van der Waals surface area contributed by atoms with E-state index >= 15 is 0 Å². The quantitative estimate of drug-likeness (QED) is 0.572. The highest BCUT2D eigenvalue weighted by Crippen LogP contribution is 2.12. The molecule has 0 aromatic heterocycles. The second kappa shape index (κ2) is 3.92. The van der Waals surface area contributed by atoms with Crippen molar-refractivity contribution in [3.05, 3.63) is 12.2 Å². The minimum absolute atomic E-state index is 0.0435. The van der Waals surface area contributed by atoms with Crippen molar-refractivity contribution in [1.82, 2.24) is 4.90 Å². The summed E-state index contributed by atoms with van der Waals surface area (Å²) >= 11 is 0. The summed E-state index contributed by atoms with van der Waals surface area (Å²) in [4.78, 5) is 13.4. The van der Waals surface area contributed by atoms with Crippen molar-refractivity contribution in [1.29, 1.82) is 0 Å². The van der Waals surface area contributed by atoms with Gasteiger partial charge in [-0.05, 0) is 20.8 Å². The van der Waals surface area contributed by atoms with Crippen LogP contribution in [0.3, 0.4) is 0 Å². The van der Waals surface area contributed by atoms with Gasteiger partial charge in [0.2, 0.25) is 5.91 Å². The van der Waals surface area contributed by atoms with Crippen LogP contribution in [0.4, 0.5) is 0 Å². The molecular formula is C10H17NO2. The molecule has 1 saturated heterocycles. The molecule has 1 aliphatic heterocycles. The van der Waals surface area contributed by atoms with Crippen LogP contribution < -0.4 is 0 Å². The summed E-state index contributed by atoms with van der Waals surface area (Å²) in [6, 6.07) is 0. The van der Waals surface area contributed by atoms with E-state index in [0.717, 1.165) is 0 Å². The van der Waals surface area contributed by atoms with Crippen LogP contribution in [0.15, 0.2) is 12.2 Å². The Morgan fingerprint density at radius 3 is 2.23 bits per heavy atom. The Hall–Kier alpha value is -0.830. The fraction of sp³-hybridized carbons (Fsp3) is 0.700. The van der Waals surface area contributed by atoms with E-state index in [1.165, 1.54) is 0 Å².